The van der Waals surface area contributed by atoms with Gasteiger partial charge in [-0.05, 0) is 49.1 Å². The molecule has 0 radical (unpaired) electrons. The minimum absolute atomic E-state index is 0.0204. The molecule has 4 rings (SSSR count). The molecule has 2 aromatic rings. The number of nitrogens with one attached hydrogen (secondary N) is 1. The van der Waals surface area contributed by atoms with Gasteiger partial charge in [0, 0.05) is 0 Å². The molecule has 0 aromatic heterocycles. The first-order valence-electron chi connectivity index (χ1n) is 9.56. The van der Waals surface area contributed by atoms with Gasteiger partial charge in [-0.2, -0.15) is 17.8 Å². The fraction of sp³-hybridized carbons (Fsp3) is 0.143. The highest BCUT2D eigenvalue weighted by molar-refractivity contribution is 8.18. The lowest BCUT2D eigenvalue weighted by molar-refractivity contribution is -0.114. The van der Waals surface area contributed by atoms with Gasteiger partial charge in [0.05, 0.1) is 29.7 Å². The van der Waals surface area contributed by atoms with E-state index in [0.717, 1.165) is 17.5 Å². The average Bonchev–Trinajstić information content (AvgIpc) is 3.21. The second kappa shape index (κ2) is 9.45. The maximum absolute atomic E-state index is 12.7. The number of rotatable bonds is 5. The third kappa shape index (κ3) is 4.58. The summed E-state index contributed by atoms with van der Waals surface area (Å²) in [7, 11) is -2.84. The van der Waals surface area contributed by atoms with Gasteiger partial charge < -0.3 is 8.92 Å². The van der Waals surface area contributed by atoms with E-state index in [1.54, 1.807) is 12.1 Å². The summed E-state index contributed by atoms with van der Waals surface area (Å²) in [6, 6.07) is 9.05. The Hall–Kier alpha value is -2.80. The molecule has 176 valence electrons. The molecule has 2 aliphatic heterocycles. The van der Waals surface area contributed by atoms with Gasteiger partial charge in [0.25, 0.3) is 5.91 Å². The van der Waals surface area contributed by atoms with Gasteiger partial charge in [0.1, 0.15) is 10.7 Å². The Kier molecular flexibility index (Phi) is 6.76. The normalized spacial score (nSPS) is 16.9. The number of carbonyl (C=O) groups excluding carboxylic acids is 1. The van der Waals surface area contributed by atoms with Crippen molar-refractivity contribution in [2.75, 3.05) is 13.4 Å². The molecule has 0 bridgehead atoms. The van der Waals surface area contributed by atoms with Crippen LogP contribution < -0.4 is 8.92 Å². The summed E-state index contributed by atoms with van der Waals surface area (Å²) in [5, 5.41) is 9.29. The fourth-order valence-corrected chi connectivity index (χ4v) is 5.78. The molecule has 1 N–H and O–H groups in total. The number of nitrogens with zero attached hydrogens (tertiary/aromatic N) is 3. The minimum Gasteiger partial charge on any atom is -0.493 e. The Labute approximate surface area is 209 Å². The molecule has 0 aliphatic carbocycles. The fourth-order valence-electron chi connectivity index (χ4n) is 3.07. The van der Waals surface area contributed by atoms with Crippen molar-refractivity contribution in [1.29, 1.82) is 5.41 Å². The molecule has 13 heteroatoms. The van der Waals surface area contributed by atoms with Crippen molar-refractivity contribution < 1.29 is 22.1 Å². The number of halogens is 1. The zero-order chi connectivity index (χ0) is 24.6. The van der Waals surface area contributed by atoms with E-state index in [9.17, 15) is 13.2 Å². The third-order valence-electron chi connectivity index (χ3n) is 4.74. The summed E-state index contributed by atoms with van der Waals surface area (Å²) in [6.45, 7) is 1.84. The van der Waals surface area contributed by atoms with Crippen LogP contribution in [-0.4, -0.2) is 48.8 Å². The Bertz CT molecular complexity index is 1400. The first-order chi connectivity index (χ1) is 16.1. The minimum atomic E-state index is -4.17. The van der Waals surface area contributed by atoms with Gasteiger partial charge in [-0.3, -0.25) is 10.2 Å². The highest BCUT2D eigenvalue weighted by Crippen LogP contribution is 2.39. The molecule has 0 saturated carbocycles. The monoisotopic (exact) mass is 536 g/mol. The number of hydrogen-bond acceptors (Lipinski definition) is 9. The molecule has 1 amide bonds. The maximum atomic E-state index is 12.7. The summed E-state index contributed by atoms with van der Waals surface area (Å²) >= 11 is 8.71. The summed E-state index contributed by atoms with van der Waals surface area (Å²) in [5.41, 5.74) is 1.31. The van der Waals surface area contributed by atoms with Gasteiger partial charge in [-0.1, -0.05) is 41.1 Å². The van der Waals surface area contributed by atoms with E-state index in [1.807, 2.05) is 13.2 Å². The zero-order valence-corrected chi connectivity index (χ0v) is 21.2. The van der Waals surface area contributed by atoms with Crippen LogP contribution in [0.4, 0.5) is 0 Å². The van der Waals surface area contributed by atoms with Crippen LogP contribution in [0.1, 0.15) is 11.1 Å². The van der Waals surface area contributed by atoms with Crippen molar-refractivity contribution in [3.05, 3.63) is 58.1 Å². The smallest absolute Gasteiger partial charge is 0.339 e. The number of benzene rings is 2. The van der Waals surface area contributed by atoms with Crippen molar-refractivity contribution in [2.45, 2.75) is 11.8 Å². The summed E-state index contributed by atoms with van der Waals surface area (Å²) < 4.78 is 40.3. The number of aryl methyl sites for hydroxylation is 1. The predicted octanol–water partition coefficient (Wildman–Crippen LogP) is 4.36. The maximum Gasteiger partial charge on any atom is 0.339 e. The van der Waals surface area contributed by atoms with Crippen molar-refractivity contribution in [1.82, 2.24) is 4.90 Å². The molecule has 0 saturated heterocycles. The molecular formula is C21H17ClN4O5S3. The van der Waals surface area contributed by atoms with Crippen LogP contribution in [0.2, 0.25) is 5.02 Å². The van der Waals surface area contributed by atoms with Crippen molar-refractivity contribution in [2.24, 2.45) is 9.39 Å². The van der Waals surface area contributed by atoms with Crippen LogP contribution in [0.15, 0.2) is 56.3 Å². The number of amides is 1. The third-order valence-corrected chi connectivity index (χ3v) is 7.71. The molecule has 2 aliphatic rings. The van der Waals surface area contributed by atoms with Gasteiger partial charge in [0.15, 0.2) is 10.9 Å². The lowest BCUT2D eigenvalue weighted by Gasteiger charge is -2.23. The number of hydrogen-bond donors (Lipinski definition) is 1. The molecule has 9 nitrogen and oxygen atoms in total. The lowest BCUT2D eigenvalue weighted by Crippen LogP contribution is -2.41. The van der Waals surface area contributed by atoms with Crippen molar-refractivity contribution in [3.63, 3.8) is 0 Å². The average molecular weight is 537 g/mol. The first-order valence-corrected chi connectivity index (χ1v) is 13.3. The number of thioether (sulfide) groups is 1. The molecule has 0 unspecified atom stereocenters. The van der Waals surface area contributed by atoms with Crippen LogP contribution in [0.3, 0.4) is 0 Å². The number of amidine groups is 3. The van der Waals surface area contributed by atoms with Gasteiger partial charge in [0.2, 0.25) is 10.9 Å². The molecule has 0 fully saturated rings. The SMILES string of the molecule is COc1cc(/C=C2/C(=N)N3C(SC)=NSC3=NC2=O)cc(Cl)c1OS(=O)(=O)c1ccc(C)cc1. The molecule has 2 heterocycles. The van der Waals surface area contributed by atoms with E-state index in [2.05, 4.69) is 9.39 Å². The van der Waals surface area contributed by atoms with Gasteiger partial charge >= 0.3 is 10.1 Å². The van der Waals surface area contributed by atoms with E-state index in [4.69, 9.17) is 25.9 Å². The van der Waals surface area contributed by atoms with Crippen LogP contribution in [0, 0.1) is 12.3 Å². The van der Waals surface area contributed by atoms with Crippen LogP contribution >= 0.6 is 35.3 Å². The van der Waals surface area contributed by atoms with Crippen LogP contribution in [0.5, 0.6) is 11.5 Å². The van der Waals surface area contributed by atoms with Gasteiger partial charge in [-0.25, -0.2) is 4.90 Å². The van der Waals surface area contributed by atoms with Crippen molar-refractivity contribution >= 4 is 73.6 Å². The van der Waals surface area contributed by atoms with Crippen LogP contribution in [0.25, 0.3) is 6.08 Å². The summed E-state index contributed by atoms with van der Waals surface area (Å²) in [5.74, 6) is -0.828. The zero-order valence-electron chi connectivity index (χ0n) is 18.0. The summed E-state index contributed by atoms with van der Waals surface area (Å²) in [6.07, 6.45) is 3.24. The second-order valence-electron chi connectivity index (χ2n) is 7.00. The Morgan fingerprint density at radius 3 is 2.59 bits per heavy atom. The van der Waals surface area contributed by atoms with E-state index in [-0.39, 0.29) is 32.8 Å². The first kappa shape index (κ1) is 24.3. The summed E-state index contributed by atoms with van der Waals surface area (Å²) in [4.78, 5) is 18.0. The number of methoxy groups -OCH3 is 1. The van der Waals surface area contributed by atoms with Crippen molar-refractivity contribution in [3.8, 4) is 11.5 Å². The Balaban J connectivity index is 1.69. The molecule has 34 heavy (non-hydrogen) atoms. The standard InChI is InChI=1S/C21H17ClN4O5S3/c1-11-4-6-13(7-5-11)34(28,29)31-17-15(22)9-12(10-16(17)30-2)8-14-18(23)26-20(24-19(14)27)33-25-21(26)32-3/h4-10,23H,1-3H3/b14-8-,23-18?. The molecule has 2 aromatic carbocycles. The highest BCUT2D eigenvalue weighted by atomic mass is 35.5. The Morgan fingerprint density at radius 1 is 1.24 bits per heavy atom. The quantitative estimate of drug-likeness (QED) is 0.340. The highest BCUT2D eigenvalue weighted by Gasteiger charge is 2.37. The lowest BCUT2D eigenvalue weighted by atomic mass is 10.1. The Morgan fingerprint density at radius 2 is 1.94 bits per heavy atom. The number of fused-ring (bicyclic) bond motifs is 1. The largest absolute Gasteiger partial charge is 0.493 e. The predicted molar refractivity (Wildman–Crippen MR) is 136 cm³/mol. The topological polar surface area (TPSA) is 121 Å². The van der Waals surface area contributed by atoms with E-state index >= 15 is 0 Å². The van der Waals surface area contributed by atoms with E-state index in [1.165, 1.54) is 54.1 Å². The second-order valence-corrected chi connectivity index (χ2v) is 10.5. The molecule has 0 atom stereocenters. The van der Waals surface area contributed by atoms with E-state index in [0.29, 0.717) is 15.9 Å². The number of ether oxygens (including phenoxy) is 1. The molecular weight excluding hydrogens is 520 g/mol. The van der Waals surface area contributed by atoms with E-state index < -0.39 is 16.0 Å². The molecule has 0 spiro atoms. The number of carbonyl (C=O) groups is 1. The number of aliphatic imine (C=N–C) groups is 1. The van der Waals surface area contributed by atoms with Gasteiger partial charge in [-0.15, -0.1) is 0 Å². The van der Waals surface area contributed by atoms with Crippen LogP contribution in [-0.2, 0) is 14.9 Å².